The monoisotopic (exact) mass is 249 g/mol. The largest absolute Gasteiger partial charge is 0.313 e. The van der Waals surface area contributed by atoms with Crippen LogP contribution in [-0.4, -0.2) is 35.6 Å². The van der Waals surface area contributed by atoms with Gasteiger partial charge >= 0.3 is 0 Å². The molecule has 2 unspecified atom stereocenters. The summed E-state index contributed by atoms with van der Waals surface area (Å²) in [6, 6.07) is 0.655. The van der Waals surface area contributed by atoms with Crippen LogP contribution in [0, 0.1) is 5.92 Å². The molecule has 3 heteroatoms. The van der Waals surface area contributed by atoms with Crippen LogP contribution in [0.2, 0.25) is 0 Å². The summed E-state index contributed by atoms with van der Waals surface area (Å²) in [7, 11) is 0. The fourth-order valence-electron chi connectivity index (χ4n) is 1.19. The minimum atomic E-state index is 0.655. The molecule has 0 aromatic rings. The van der Waals surface area contributed by atoms with Crippen molar-refractivity contribution in [2.45, 2.75) is 45.4 Å². The van der Waals surface area contributed by atoms with E-state index in [4.69, 9.17) is 0 Å². The topological polar surface area (TPSA) is 12.0 Å². The second-order valence-corrected chi connectivity index (χ2v) is 6.97. The van der Waals surface area contributed by atoms with E-state index in [0.717, 1.165) is 17.7 Å². The lowest BCUT2D eigenvalue weighted by atomic mass is 10.3. The molecule has 0 rings (SSSR count). The Morgan fingerprint density at radius 2 is 1.73 bits per heavy atom. The van der Waals surface area contributed by atoms with Gasteiger partial charge in [-0.3, -0.25) is 0 Å². The predicted molar refractivity (Wildman–Crippen MR) is 77.2 cm³/mol. The molecule has 1 N–H and O–H groups in total. The van der Waals surface area contributed by atoms with Crippen LogP contribution in [-0.2, 0) is 0 Å². The number of thioether (sulfide) groups is 2. The molecule has 92 valence electrons. The van der Waals surface area contributed by atoms with Crippen molar-refractivity contribution in [1.29, 1.82) is 0 Å². The second-order valence-electron chi connectivity index (χ2n) is 4.62. The molecule has 15 heavy (non-hydrogen) atoms. The molecule has 0 bridgehead atoms. The van der Waals surface area contributed by atoms with E-state index in [0.29, 0.717) is 6.04 Å². The van der Waals surface area contributed by atoms with Crippen LogP contribution in [0.3, 0.4) is 0 Å². The molecule has 0 saturated carbocycles. The standard InChI is InChI=1S/C12H27NS2/c1-10(2)8-15-9-11(3)13-7-6-12(4)14-5/h10-13H,6-9H2,1-5H3. The number of nitrogens with one attached hydrogen (secondary N) is 1. The molecular weight excluding hydrogens is 222 g/mol. The van der Waals surface area contributed by atoms with Crippen LogP contribution in [0.5, 0.6) is 0 Å². The third-order valence-corrected chi connectivity index (χ3v) is 4.94. The molecule has 0 aliphatic rings. The molecule has 0 fully saturated rings. The first-order valence-electron chi connectivity index (χ1n) is 5.90. The summed E-state index contributed by atoms with van der Waals surface area (Å²) in [4.78, 5) is 0. The Morgan fingerprint density at radius 3 is 2.27 bits per heavy atom. The first kappa shape index (κ1) is 15.7. The molecule has 0 amide bonds. The highest BCUT2D eigenvalue weighted by Gasteiger charge is 2.04. The van der Waals surface area contributed by atoms with Crippen molar-refractivity contribution in [3.63, 3.8) is 0 Å². The Balaban J connectivity index is 3.29. The maximum atomic E-state index is 3.59. The van der Waals surface area contributed by atoms with E-state index in [1.54, 1.807) is 0 Å². The zero-order chi connectivity index (χ0) is 11.7. The van der Waals surface area contributed by atoms with E-state index in [1.165, 1.54) is 17.9 Å². The maximum absolute atomic E-state index is 3.59. The summed E-state index contributed by atoms with van der Waals surface area (Å²) in [5, 5.41) is 4.37. The molecule has 2 atom stereocenters. The Bertz CT molecular complexity index is 140. The third-order valence-electron chi connectivity index (χ3n) is 2.27. The summed E-state index contributed by atoms with van der Waals surface area (Å²) in [5.74, 6) is 3.35. The van der Waals surface area contributed by atoms with Gasteiger partial charge in [-0.2, -0.15) is 23.5 Å². The molecule has 0 aromatic heterocycles. The van der Waals surface area contributed by atoms with Crippen LogP contribution >= 0.6 is 23.5 Å². The third kappa shape index (κ3) is 10.9. The van der Waals surface area contributed by atoms with E-state index in [-0.39, 0.29) is 0 Å². The molecule has 0 radical (unpaired) electrons. The normalized spacial score (nSPS) is 15.6. The van der Waals surface area contributed by atoms with Gasteiger partial charge in [-0.05, 0) is 37.8 Å². The molecule has 0 aliphatic carbocycles. The highest BCUT2D eigenvalue weighted by atomic mass is 32.2. The molecule has 0 aromatic carbocycles. The lowest BCUT2D eigenvalue weighted by Gasteiger charge is -2.15. The smallest absolute Gasteiger partial charge is 0.0129 e. The first-order chi connectivity index (χ1) is 7.06. The van der Waals surface area contributed by atoms with Gasteiger partial charge in [0, 0.05) is 17.0 Å². The quantitative estimate of drug-likeness (QED) is 0.672. The average Bonchev–Trinajstić information content (AvgIpc) is 2.17. The maximum Gasteiger partial charge on any atom is 0.0129 e. The van der Waals surface area contributed by atoms with Crippen LogP contribution in [0.4, 0.5) is 0 Å². The summed E-state index contributed by atoms with van der Waals surface area (Å²) < 4.78 is 0. The van der Waals surface area contributed by atoms with E-state index < -0.39 is 0 Å². The number of hydrogen-bond acceptors (Lipinski definition) is 3. The van der Waals surface area contributed by atoms with E-state index in [1.807, 2.05) is 11.8 Å². The Labute approximate surface area is 105 Å². The molecule has 0 aliphatic heterocycles. The van der Waals surface area contributed by atoms with Crippen molar-refractivity contribution >= 4 is 23.5 Å². The second kappa shape index (κ2) is 9.86. The lowest BCUT2D eigenvalue weighted by molar-refractivity contribution is 0.575. The van der Waals surface area contributed by atoms with E-state index >= 15 is 0 Å². The Hall–Kier alpha value is 0.660. The van der Waals surface area contributed by atoms with Crippen molar-refractivity contribution in [2.24, 2.45) is 5.92 Å². The Morgan fingerprint density at radius 1 is 1.07 bits per heavy atom. The first-order valence-corrected chi connectivity index (χ1v) is 8.34. The predicted octanol–water partition coefficient (Wildman–Crippen LogP) is 3.50. The zero-order valence-corrected chi connectivity index (χ0v) is 12.5. The van der Waals surface area contributed by atoms with Crippen LogP contribution < -0.4 is 5.32 Å². The number of rotatable bonds is 9. The molecule has 0 heterocycles. The highest BCUT2D eigenvalue weighted by molar-refractivity contribution is 7.99. The average molecular weight is 249 g/mol. The SMILES string of the molecule is CSC(C)CCNC(C)CSCC(C)C. The van der Waals surface area contributed by atoms with E-state index in [9.17, 15) is 0 Å². The van der Waals surface area contributed by atoms with Crippen molar-refractivity contribution in [2.75, 3.05) is 24.3 Å². The Kier molecular flexibility index (Phi) is 10.3. The fraction of sp³-hybridized carbons (Fsp3) is 1.00. The van der Waals surface area contributed by atoms with Gasteiger partial charge in [0.15, 0.2) is 0 Å². The minimum absolute atomic E-state index is 0.655. The lowest BCUT2D eigenvalue weighted by Crippen LogP contribution is -2.30. The van der Waals surface area contributed by atoms with Gasteiger partial charge in [0.1, 0.15) is 0 Å². The zero-order valence-electron chi connectivity index (χ0n) is 10.9. The minimum Gasteiger partial charge on any atom is -0.313 e. The van der Waals surface area contributed by atoms with Crippen LogP contribution in [0.25, 0.3) is 0 Å². The summed E-state index contributed by atoms with van der Waals surface area (Å²) in [5.41, 5.74) is 0. The van der Waals surface area contributed by atoms with Crippen molar-refractivity contribution in [3.8, 4) is 0 Å². The van der Waals surface area contributed by atoms with Crippen LogP contribution in [0.15, 0.2) is 0 Å². The molecule has 0 spiro atoms. The van der Waals surface area contributed by atoms with Crippen molar-refractivity contribution in [3.05, 3.63) is 0 Å². The van der Waals surface area contributed by atoms with Gasteiger partial charge in [-0.25, -0.2) is 0 Å². The molecule has 1 nitrogen and oxygen atoms in total. The number of hydrogen-bond donors (Lipinski definition) is 1. The summed E-state index contributed by atoms with van der Waals surface area (Å²) in [6.45, 7) is 10.3. The van der Waals surface area contributed by atoms with Crippen molar-refractivity contribution in [1.82, 2.24) is 5.32 Å². The molecular formula is C12H27NS2. The van der Waals surface area contributed by atoms with Crippen molar-refractivity contribution < 1.29 is 0 Å². The van der Waals surface area contributed by atoms with Gasteiger partial charge < -0.3 is 5.32 Å². The molecule has 0 saturated heterocycles. The fourth-order valence-corrected chi connectivity index (χ4v) is 2.62. The van der Waals surface area contributed by atoms with Crippen LogP contribution in [0.1, 0.15) is 34.1 Å². The highest BCUT2D eigenvalue weighted by Crippen LogP contribution is 2.10. The van der Waals surface area contributed by atoms with Gasteiger partial charge in [0.05, 0.1) is 0 Å². The summed E-state index contributed by atoms with van der Waals surface area (Å²) >= 11 is 4.02. The van der Waals surface area contributed by atoms with Gasteiger partial charge in [0.25, 0.3) is 0 Å². The van der Waals surface area contributed by atoms with Gasteiger partial charge in [-0.1, -0.05) is 20.8 Å². The van der Waals surface area contributed by atoms with Gasteiger partial charge in [-0.15, -0.1) is 0 Å². The summed E-state index contributed by atoms with van der Waals surface area (Å²) in [6.07, 6.45) is 3.47. The van der Waals surface area contributed by atoms with Gasteiger partial charge in [0.2, 0.25) is 0 Å². The van der Waals surface area contributed by atoms with E-state index in [2.05, 4.69) is 51.0 Å².